The van der Waals surface area contributed by atoms with Gasteiger partial charge in [-0.2, -0.15) is 4.31 Å². The van der Waals surface area contributed by atoms with Crippen molar-refractivity contribution < 1.29 is 13.2 Å². The molecule has 6 heteroatoms. The van der Waals surface area contributed by atoms with Crippen LogP contribution in [0.15, 0.2) is 53.4 Å². The van der Waals surface area contributed by atoms with E-state index in [0.29, 0.717) is 43.2 Å². The highest BCUT2D eigenvalue weighted by Crippen LogP contribution is 2.22. The molecule has 1 aliphatic rings. The van der Waals surface area contributed by atoms with Gasteiger partial charge in [-0.3, -0.25) is 9.69 Å². The number of Topliss-reactive ketones (excluding diaryl/α,β-unsaturated/α-hetero) is 1. The van der Waals surface area contributed by atoms with Gasteiger partial charge >= 0.3 is 0 Å². The van der Waals surface area contributed by atoms with Crippen LogP contribution in [-0.2, 0) is 10.0 Å². The summed E-state index contributed by atoms with van der Waals surface area (Å²) < 4.78 is 27.4. The number of carbonyl (C=O) groups is 1. The second kappa shape index (κ2) is 7.70. The molecule has 138 valence electrons. The van der Waals surface area contributed by atoms with Crippen LogP contribution in [0.5, 0.6) is 0 Å². The Labute approximate surface area is 155 Å². The van der Waals surface area contributed by atoms with E-state index in [0.717, 1.165) is 11.1 Å². The van der Waals surface area contributed by atoms with Crippen LogP contribution in [0.1, 0.15) is 21.5 Å². The Morgan fingerprint density at radius 3 is 2.27 bits per heavy atom. The minimum atomic E-state index is -3.50. The zero-order valence-electron chi connectivity index (χ0n) is 15.2. The van der Waals surface area contributed by atoms with Crippen molar-refractivity contribution in [3.05, 3.63) is 65.2 Å². The fourth-order valence-electron chi connectivity index (χ4n) is 3.17. The maximum atomic E-state index is 13.0. The van der Waals surface area contributed by atoms with Crippen molar-refractivity contribution in [3.8, 4) is 0 Å². The molecule has 1 fully saturated rings. The highest BCUT2D eigenvalue weighted by atomic mass is 32.2. The Hall–Kier alpha value is -2.02. The Balaban J connectivity index is 1.65. The molecule has 1 heterocycles. The molecule has 0 aliphatic carbocycles. The summed E-state index contributed by atoms with van der Waals surface area (Å²) >= 11 is 0. The van der Waals surface area contributed by atoms with Crippen molar-refractivity contribution >= 4 is 15.8 Å². The summed E-state index contributed by atoms with van der Waals surface area (Å²) in [5, 5.41) is 0. The van der Waals surface area contributed by atoms with E-state index in [9.17, 15) is 13.2 Å². The van der Waals surface area contributed by atoms with Gasteiger partial charge in [-0.1, -0.05) is 42.5 Å². The second-order valence-electron chi connectivity index (χ2n) is 6.74. The Morgan fingerprint density at radius 2 is 1.62 bits per heavy atom. The van der Waals surface area contributed by atoms with E-state index in [2.05, 4.69) is 0 Å². The summed E-state index contributed by atoms with van der Waals surface area (Å²) in [6.45, 7) is 5.95. The monoisotopic (exact) mass is 372 g/mol. The molecule has 0 amide bonds. The molecule has 0 atom stereocenters. The van der Waals surface area contributed by atoms with E-state index in [-0.39, 0.29) is 5.78 Å². The molecule has 2 aromatic carbocycles. The number of nitrogens with zero attached hydrogens (tertiary/aromatic N) is 2. The molecule has 0 N–H and O–H groups in total. The SMILES string of the molecule is Cc1ccc(C)c(S(=O)(=O)N2CCN(CC(=O)c3ccccc3)CC2)c1. The van der Waals surface area contributed by atoms with Gasteiger partial charge in [-0.05, 0) is 31.0 Å². The van der Waals surface area contributed by atoms with Crippen LogP contribution in [0.25, 0.3) is 0 Å². The molecule has 0 aromatic heterocycles. The first-order valence-electron chi connectivity index (χ1n) is 8.76. The Kier molecular flexibility index (Phi) is 5.55. The van der Waals surface area contributed by atoms with Gasteiger partial charge in [0.2, 0.25) is 10.0 Å². The fraction of sp³-hybridized carbons (Fsp3) is 0.350. The summed E-state index contributed by atoms with van der Waals surface area (Å²) in [6, 6.07) is 14.7. The lowest BCUT2D eigenvalue weighted by atomic mass is 10.1. The highest BCUT2D eigenvalue weighted by molar-refractivity contribution is 7.89. The summed E-state index contributed by atoms with van der Waals surface area (Å²) in [5.41, 5.74) is 2.39. The largest absolute Gasteiger partial charge is 0.293 e. The summed E-state index contributed by atoms with van der Waals surface area (Å²) in [4.78, 5) is 14.7. The first-order chi connectivity index (χ1) is 12.4. The van der Waals surface area contributed by atoms with Crippen LogP contribution in [0.4, 0.5) is 0 Å². The van der Waals surface area contributed by atoms with Crippen LogP contribution in [0.2, 0.25) is 0 Å². The van der Waals surface area contributed by atoms with Crippen LogP contribution < -0.4 is 0 Å². The number of sulfonamides is 1. The zero-order chi connectivity index (χ0) is 18.7. The van der Waals surface area contributed by atoms with Gasteiger partial charge in [-0.25, -0.2) is 8.42 Å². The number of ketones is 1. The molecule has 0 saturated carbocycles. The van der Waals surface area contributed by atoms with Crippen molar-refractivity contribution in [1.82, 2.24) is 9.21 Å². The predicted molar refractivity (Wildman–Crippen MR) is 102 cm³/mol. The molecular weight excluding hydrogens is 348 g/mol. The molecule has 0 bridgehead atoms. The predicted octanol–water partition coefficient (Wildman–Crippen LogP) is 2.49. The van der Waals surface area contributed by atoms with Crippen molar-refractivity contribution in [2.45, 2.75) is 18.7 Å². The molecule has 0 spiro atoms. The number of piperazine rings is 1. The van der Waals surface area contributed by atoms with Gasteiger partial charge in [0.05, 0.1) is 11.4 Å². The third-order valence-electron chi connectivity index (χ3n) is 4.76. The van der Waals surface area contributed by atoms with Gasteiger partial charge in [0, 0.05) is 31.7 Å². The van der Waals surface area contributed by atoms with Gasteiger partial charge in [0.15, 0.2) is 5.78 Å². The van der Waals surface area contributed by atoms with Crippen LogP contribution in [0, 0.1) is 13.8 Å². The number of hydrogen-bond acceptors (Lipinski definition) is 4. The number of carbonyl (C=O) groups excluding carboxylic acids is 1. The second-order valence-corrected chi connectivity index (χ2v) is 8.64. The Morgan fingerprint density at radius 1 is 0.962 bits per heavy atom. The van der Waals surface area contributed by atoms with Crippen molar-refractivity contribution in [2.24, 2.45) is 0 Å². The Bertz CT molecular complexity index is 887. The average molecular weight is 372 g/mol. The van der Waals surface area contributed by atoms with E-state index in [1.54, 1.807) is 6.07 Å². The van der Waals surface area contributed by atoms with E-state index < -0.39 is 10.0 Å². The molecule has 1 aliphatic heterocycles. The lowest BCUT2D eigenvalue weighted by molar-refractivity contribution is 0.0901. The van der Waals surface area contributed by atoms with Crippen LogP contribution in [0.3, 0.4) is 0 Å². The first-order valence-corrected chi connectivity index (χ1v) is 10.2. The van der Waals surface area contributed by atoms with Crippen molar-refractivity contribution in [1.29, 1.82) is 0 Å². The van der Waals surface area contributed by atoms with Gasteiger partial charge in [-0.15, -0.1) is 0 Å². The van der Waals surface area contributed by atoms with Gasteiger partial charge in [0.25, 0.3) is 0 Å². The number of aryl methyl sites for hydroxylation is 2. The normalized spacial score (nSPS) is 16.5. The number of rotatable bonds is 5. The zero-order valence-corrected chi connectivity index (χ0v) is 16.0. The summed E-state index contributed by atoms with van der Waals surface area (Å²) in [7, 11) is -3.50. The minimum Gasteiger partial charge on any atom is -0.293 e. The summed E-state index contributed by atoms with van der Waals surface area (Å²) in [6.07, 6.45) is 0. The van der Waals surface area contributed by atoms with Crippen molar-refractivity contribution in [3.63, 3.8) is 0 Å². The van der Waals surface area contributed by atoms with E-state index in [4.69, 9.17) is 0 Å². The molecule has 3 rings (SSSR count). The summed E-state index contributed by atoms with van der Waals surface area (Å²) in [5.74, 6) is 0.0661. The fourth-order valence-corrected chi connectivity index (χ4v) is 4.90. The van der Waals surface area contributed by atoms with Gasteiger partial charge in [0.1, 0.15) is 0 Å². The average Bonchev–Trinajstić information content (AvgIpc) is 2.65. The molecule has 1 saturated heterocycles. The lowest BCUT2D eigenvalue weighted by Crippen LogP contribution is -2.49. The van der Waals surface area contributed by atoms with E-state index in [1.165, 1.54) is 4.31 Å². The molecule has 0 unspecified atom stereocenters. The lowest BCUT2D eigenvalue weighted by Gasteiger charge is -2.33. The quantitative estimate of drug-likeness (QED) is 0.757. The topological polar surface area (TPSA) is 57.7 Å². The maximum Gasteiger partial charge on any atom is 0.243 e. The van der Waals surface area contributed by atoms with Crippen molar-refractivity contribution in [2.75, 3.05) is 32.7 Å². The van der Waals surface area contributed by atoms with Crippen LogP contribution in [-0.4, -0.2) is 56.1 Å². The van der Waals surface area contributed by atoms with Crippen LogP contribution >= 0.6 is 0 Å². The molecule has 2 aromatic rings. The first kappa shape index (κ1) is 18.8. The minimum absolute atomic E-state index is 0.0661. The van der Waals surface area contributed by atoms with E-state index >= 15 is 0 Å². The molecule has 26 heavy (non-hydrogen) atoms. The third-order valence-corrected chi connectivity index (χ3v) is 6.80. The third kappa shape index (κ3) is 4.03. The molecule has 0 radical (unpaired) electrons. The smallest absolute Gasteiger partial charge is 0.243 e. The van der Waals surface area contributed by atoms with Gasteiger partial charge < -0.3 is 0 Å². The molecular formula is C20H24N2O3S. The number of hydrogen-bond donors (Lipinski definition) is 0. The molecule has 5 nitrogen and oxygen atoms in total. The standard InChI is InChI=1S/C20H24N2O3S/c1-16-8-9-17(2)20(14-16)26(24,25)22-12-10-21(11-13-22)15-19(23)18-6-4-3-5-7-18/h3-9,14H,10-13,15H2,1-2H3. The van der Waals surface area contributed by atoms with E-state index in [1.807, 2.05) is 61.2 Å². The number of benzene rings is 2. The maximum absolute atomic E-state index is 13.0. The highest BCUT2D eigenvalue weighted by Gasteiger charge is 2.30.